The molecule has 118 valence electrons. The summed E-state index contributed by atoms with van der Waals surface area (Å²) in [5.41, 5.74) is 0. The molecule has 0 bridgehead atoms. The second-order valence-corrected chi connectivity index (χ2v) is 5.47. The minimum absolute atomic E-state index is 0.406. The Morgan fingerprint density at radius 2 is 1.35 bits per heavy atom. The molecule has 0 N–H and O–H groups in total. The number of aldehydes is 1. The van der Waals surface area contributed by atoms with Crippen LogP contribution in [0.2, 0.25) is 0 Å². The molecule has 0 saturated heterocycles. The quantitative estimate of drug-likeness (QED) is 0.712. The van der Waals surface area contributed by atoms with Gasteiger partial charge in [-0.3, -0.25) is 4.79 Å². The Bertz CT molecular complexity index is 216. The highest BCUT2D eigenvalue weighted by molar-refractivity contribution is 5.53. The van der Waals surface area contributed by atoms with Crippen LogP contribution in [0.5, 0.6) is 0 Å². The number of hydrogen-bond donors (Lipinski definition) is 0. The van der Waals surface area contributed by atoms with E-state index in [9.17, 15) is 9.59 Å². The van der Waals surface area contributed by atoms with Crippen molar-refractivity contribution in [2.24, 2.45) is 11.8 Å². The van der Waals surface area contributed by atoms with E-state index in [1.165, 1.54) is 51.4 Å². The number of carbonyl (C=O) groups excluding carboxylic acids is 2. The van der Waals surface area contributed by atoms with Crippen molar-refractivity contribution in [2.45, 2.75) is 78.1 Å². The van der Waals surface area contributed by atoms with Crippen LogP contribution in [0.4, 0.5) is 0 Å². The van der Waals surface area contributed by atoms with Crippen LogP contribution in [0, 0.1) is 11.8 Å². The smallest absolute Gasteiger partial charge is 0.293 e. The van der Waals surface area contributed by atoms with E-state index in [1.54, 1.807) is 0 Å². The molecule has 3 heteroatoms. The minimum Gasteiger partial charge on any atom is -0.468 e. The highest BCUT2D eigenvalue weighted by Crippen LogP contribution is 2.23. The van der Waals surface area contributed by atoms with Crippen LogP contribution < -0.4 is 0 Å². The van der Waals surface area contributed by atoms with Crippen LogP contribution in [-0.2, 0) is 14.3 Å². The van der Waals surface area contributed by atoms with Gasteiger partial charge in [-0.25, -0.2) is 0 Å². The highest BCUT2D eigenvalue weighted by atomic mass is 16.5. The predicted octanol–water partition coefficient (Wildman–Crippen LogP) is 4.53. The monoisotopic (exact) mass is 284 g/mol. The van der Waals surface area contributed by atoms with Gasteiger partial charge in [-0.1, -0.05) is 52.4 Å². The molecule has 2 fully saturated rings. The lowest BCUT2D eigenvalue weighted by Crippen LogP contribution is -2.12. The number of ether oxygens (including phenoxy) is 1. The molecule has 2 aliphatic rings. The van der Waals surface area contributed by atoms with Crippen molar-refractivity contribution < 1.29 is 14.3 Å². The molecular weight excluding hydrogens is 252 g/mol. The summed E-state index contributed by atoms with van der Waals surface area (Å²) in [7, 11) is 0. The Morgan fingerprint density at radius 1 is 0.850 bits per heavy atom. The van der Waals surface area contributed by atoms with Crippen molar-refractivity contribution in [1.29, 1.82) is 0 Å². The van der Waals surface area contributed by atoms with Crippen molar-refractivity contribution in [3.05, 3.63) is 0 Å². The number of carbonyl (C=O) groups is 2. The van der Waals surface area contributed by atoms with E-state index >= 15 is 0 Å². The maximum atomic E-state index is 10.2. The summed E-state index contributed by atoms with van der Waals surface area (Å²) >= 11 is 0. The highest BCUT2D eigenvalue weighted by Gasteiger charge is 2.13. The SMILES string of the molecule is CC.O=CC1CCCCC1.O=COCC1CCCCC1. The van der Waals surface area contributed by atoms with Gasteiger partial charge in [0.25, 0.3) is 6.47 Å². The predicted molar refractivity (Wildman–Crippen MR) is 82.6 cm³/mol. The van der Waals surface area contributed by atoms with Gasteiger partial charge in [0.15, 0.2) is 0 Å². The van der Waals surface area contributed by atoms with Gasteiger partial charge in [-0.15, -0.1) is 0 Å². The van der Waals surface area contributed by atoms with Crippen molar-refractivity contribution in [3.63, 3.8) is 0 Å². The van der Waals surface area contributed by atoms with Gasteiger partial charge < -0.3 is 9.53 Å². The molecule has 0 aromatic rings. The van der Waals surface area contributed by atoms with Gasteiger partial charge in [0.2, 0.25) is 0 Å². The first-order chi connectivity index (χ1) is 9.86. The molecule has 2 rings (SSSR count). The molecule has 0 aliphatic heterocycles. The molecule has 0 amide bonds. The van der Waals surface area contributed by atoms with Crippen LogP contribution in [-0.4, -0.2) is 19.4 Å². The zero-order valence-corrected chi connectivity index (χ0v) is 13.3. The molecule has 0 heterocycles. The molecular formula is C17H32O3. The minimum atomic E-state index is 0.406. The summed E-state index contributed by atoms with van der Waals surface area (Å²) in [4.78, 5) is 20.0. The van der Waals surface area contributed by atoms with E-state index in [-0.39, 0.29) is 0 Å². The molecule has 3 nitrogen and oxygen atoms in total. The van der Waals surface area contributed by atoms with Gasteiger partial charge in [0.1, 0.15) is 6.29 Å². The summed E-state index contributed by atoms with van der Waals surface area (Å²) in [6, 6.07) is 0. The summed E-state index contributed by atoms with van der Waals surface area (Å²) in [6.07, 6.45) is 13.7. The maximum absolute atomic E-state index is 10.2. The third kappa shape index (κ3) is 9.99. The van der Waals surface area contributed by atoms with Gasteiger partial charge in [0.05, 0.1) is 6.61 Å². The van der Waals surface area contributed by atoms with Crippen molar-refractivity contribution >= 4 is 12.8 Å². The van der Waals surface area contributed by atoms with Gasteiger partial charge >= 0.3 is 0 Å². The van der Waals surface area contributed by atoms with Crippen LogP contribution in [0.1, 0.15) is 78.1 Å². The lowest BCUT2D eigenvalue weighted by molar-refractivity contribution is -0.130. The third-order valence-corrected chi connectivity index (χ3v) is 3.97. The molecule has 0 aromatic heterocycles. The first-order valence-electron chi connectivity index (χ1n) is 8.37. The zero-order chi connectivity index (χ0) is 15.1. The Balaban J connectivity index is 0.000000327. The molecule has 2 saturated carbocycles. The summed E-state index contributed by atoms with van der Waals surface area (Å²) in [5.74, 6) is 1.06. The topological polar surface area (TPSA) is 43.4 Å². The van der Waals surface area contributed by atoms with Crippen LogP contribution in [0.15, 0.2) is 0 Å². The number of rotatable bonds is 4. The maximum Gasteiger partial charge on any atom is 0.293 e. The largest absolute Gasteiger partial charge is 0.468 e. The molecule has 0 radical (unpaired) electrons. The van der Waals surface area contributed by atoms with E-state index < -0.39 is 0 Å². The van der Waals surface area contributed by atoms with Crippen LogP contribution in [0.25, 0.3) is 0 Å². The Labute approximate surface area is 124 Å². The van der Waals surface area contributed by atoms with E-state index in [0.717, 1.165) is 19.1 Å². The fraction of sp³-hybridized carbons (Fsp3) is 0.882. The fourth-order valence-corrected chi connectivity index (χ4v) is 2.80. The van der Waals surface area contributed by atoms with E-state index in [0.29, 0.717) is 24.9 Å². The molecule has 2 aliphatic carbocycles. The van der Waals surface area contributed by atoms with Gasteiger partial charge in [0, 0.05) is 5.92 Å². The van der Waals surface area contributed by atoms with Crippen molar-refractivity contribution in [1.82, 2.24) is 0 Å². The van der Waals surface area contributed by atoms with Crippen LogP contribution in [0.3, 0.4) is 0 Å². The Morgan fingerprint density at radius 3 is 1.75 bits per heavy atom. The normalized spacial score (nSPS) is 19.7. The van der Waals surface area contributed by atoms with Crippen molar-refractivity contribution in [3.8, 4) is 0 Å². The summed E-state index contributed by atoms with van der Waals surface area (Å²) in [6.45, 7) is 5.19. The molecule has 0 atom stereocenters. The van der Waals surface area contributed by atoms with E-state index in [1.807, 2.05) is 13.8 Å². The third-order valence-electron chi connectivity index (χ3n) is 3.97. The van der Waals surface area contributed by atoms with Crippen LogP contribution >= 0.6 is 0 Å². The lowest BCUT2D eigenvalue weighted by Gasteiger charge is -2.19. The Hall–Kier alpha value is -0.860. The fourth-order valence-electron chi connectivity index (χ4n) is 2.80. The molecule has 0 aromatic carbocycles. The van der Waals surface area contributed by atoms with E-state index in [2.05, 4.69) is 0 Å². The first kappa shape index (κ1) is 19.1. The summed E-state index contributed by atoms with van der Waals surface area (Å²) in [5, 5.41) is 0. The van der Waals surface area contributed by atoms with E-state index in [4.69, 9.17) is 4.74 Å². The standard InChI is InChI=1S/C8H14O2.C7H12O.C2H6/c9-7-10-6-8-4-2-1-3-5-8;8-6-7-4-2-1-3-5-7;1-2/h7-8H,1-6H2;6-7H,1-5H2;1-2H3. The van der Waals surface area contributed by atoms with Gasteiger partial charge in [-0.2, -0.15) is 0 Å². The summed E-state index contributed by atoms with van der Waals surface area (Å²) < 4.78 is 4.69. The zero-order valence-electron chi connectivity index (χ0n) is 13.3. The lowest BCUT2D eigenvalue weighted by atomic mass is 9.90. The second-order valence-electron chi connectivity index (χ2n) is 5.47. The molecule has 20 heavy (non-hydrogen) atoms. The Kier molecular flexibility index (Phi) is 13.9. The average Bonchev–Trinajstić information content (AvgIpc) is 2.57. The van der Waals surface area contributed by atoms with Gasteiger partial charge in [-0.05, 0) is 31.6 Å². The average molecular weight is 284 g/mol. The number of hydrogen-bond acceptors (Lipinski definition) is 3. The molecule has 0 unspecified atom stereocenters. The second kappa shape index (κ2) is 14.5. The molecule has 0 spiro atoms. The van der Waals surface area contributed by atoms with Crippen molar-refractivity contribution in [2.75, 3.05) is 6.61 Å². The first-order valence-corrected chi connectivity index (χ1v) is 8.37.